The number of carbonyl (C=O) groups excluding carboxylic acids is 1. The second-order valence-electron chi connectivity index (χ2n) is 5.68. The normalized spacial score (nSPS) is 12.0. The molecule has 1 heterocycles. The summed E-state index contributed by atoms with van der Waals surface area (Å²) < 4.78 is 31.8. The van der Waals surface area contributed by atoms with E-state index < -0.39 is 17.5 Å². The molecule has 2 aromatic carbocycles. The Morgan fingerprint density at radius 2 is 1.69 bits per heavy atom. The summed E-state index contributed by atoms with van der Waals surface area (Å²) in [5.41, 5.74) is 1.14. The van der Waals surface area contributed by atoms with Gasteiger partial charge in [0.2, 0.25) is 11.8 Å². The van der Waals surface area contributed by atoms with Gasteiger partial charge in [-0.05, 0) is 48.9 Å². The van der Waals surface area contributed by atoms with Crippen LogP contribution in [0.25, 0.3) is 11.5 Å². The summed E-state index contributed by atoms with van der Waals surface area (Å²) >= 11 is 0. The minimum absolute atomic E-state index is 0.00520. The lowest BCUT2D eigenvalue weighted by Crippen LogP contribution is -2.33. The van der Waals surface area contributed by atoms with Crippen molar-refractivity contribution in [1.29, 1.82) is 0 Å². The van der Waals surface area contributed by atoms with Crippen LogP contribution in [-0.4, -0.2) is 15.7 Å². The lowest BCUT2D eigenvalue weighted by Gasteiger charge is -2.13. The van der Waals surface area contributed by atoms with Crippen molar-refractivity contribution in [2.24, 2.45) is 0 Å². The van der Waals surface area contributed by atoms with Gasteiger partial charge < -0.3 is 9.73 Å². The Kier molecular flexibility index (Phi) is 4.92. The van der Waals surface area contributed by atoms with Crippen LogP contribution in [0.5, 0.6) is 0 Å². The largest absolute Gasteiger partial charge is 0.437 e. The van der Waals surface area contributed by atoms with Gasteiger partial charge in [-0.2, -0.15) is 4.68 Å². The van der Waals surface area contributed by atoms with Gasteiger partial charge in [-0.25, -0.2) is 13.6 Å². The average molecular weight is 359 g/mol. The highest BCUT2D eigenvalue weighted by molar-refractivity contribution is 5.76. The van der Waals surface area contributed by atoms with Crippen LogP contribution in [0.1, 0.15) is 18.5 Å². The number of halogens is 2. The molecule has 3 rings (SSSR count). The number of carbonyl (C=O) groups is 1. The van der Waals surface area contributed by atoms with Crippen LogP contribution in [0, 0.1) is 11.6 Å². The minimum Gasteiger partial charge on any atom is -0.388 e. The molecule has 0 bridgehead atoms. The molecule has 0 aliphatic heterocycles. The third-order valence-electron chi connectivity index (χ3n) is 3.74. The number of rotatable bonds is 5. The smallest absolute Gasteiger partial charge is 0.388 e. The van der Waals surface area contributed by atoms with E-state index in [-0.39, 0.29) is 24.3 Å². The Morgan fingerprint density at radius 1 is 1.12 bits per heavy atom. The number of nitrogens with zero attached hydrogens (tertiary/aromatic N) is 2. The summed E-state index contributed by atoms with van der Waals surface area (Å²) in [5.74, 6) is -2.05. The zero-order valence-electron chi connectivity index (χ0n) is 13.8. The van der Waals surface area contributed by atoms with Gasteiger partial charge in [-0.1, -0.05) is 12.1 Å². The van der Waals surface area contributed by atoms with E-state index >= 15 is 0 Å². The van der Waals surface area contributed by atoms with Gasteiger partial charge in [0.1, 0.15) is 18.2 Å². The topological polar surface area (TPSA) is 77.1 Å². The maximum atomic E-state index is 13.0. The van der Waals surface area contributed by atoms with Gasteiger partial charge >= 0.3 is 5.76 Å². The highest BCUT2D eigenvalue weighted by atomic mass is 19.1. The molecule has 0 aliphatic carbocycles. The number of amides is 1. The molecule has 0 fully saturated rings. The fourth-order valence-electron chi connectivity index (χ4n) is 2.37. The Labute approximate surface area is 147 Å². The molecule has 0 saturated carbocycles. The quantitative estimate of drug-likeness (QED) is 0.760. The Hall–Kier alpha value is -3.29. The van der Waals surface area contributed by atoms with Gasteiger partial charge in [-0.3, -0.25) is 4.79 Å². The van der Waals surface area contributed by atoms with Crippen LogP contribution < -0.4 is 11.1 Å². The van der Waals surface area contributed by atoms with E-state index in [4.69, 9.17) is 4.42 Å². The SMILES string of the molecule is CC(NC(=O)Cn1nc(-c2ccc(F)cc2)oc1=O)c1ccc(F)cc1. The second kappa shape index (κ2) is 7.30. The van der Waals surface area contributed by atoms with Gasteiger partial charge in [0.15, 0.2) is 0 Å². The Balaban J connectivity index is 1.68. The lowest BCUT2D eigenvalue weighted by atomic mass is 10.1. The summed E-state index contributed by atoms with van der Waals surface area (Å²) in [4.78, 5) is 24.0. The second-order valence-corrected chi connectivity index (χ2v) is 5.68. The molecule has 1 atom stereocenters. The monoisotopic (exact) mass is 359 g/mol. The molecule has 0 radical (unpaired) electrons. The summed E-state index contributed by atoms with van der Waals surface area (Å²) in [6, 6.07) is 10.6. The van der Waals surface area contributed by atoms with Crippen molar-refractivity contribution in [3.05, 3.63) is 76.3 Å². The number of hydrogen-bond acceptors (Lipinski definition) is 4. The van der Waals surface area contributed by atoms with E-state index in [0.29, 0.717) is 5.56 Å². The van der Waals surface area contributed by atoms with Gasteiger partial charge in [0.25, 0.3) is 0 Å². The number of nitrogens with one attached hydrogen (secondary N) is 1. The van der Waals surface area contributed by atoms with Crippen LogP contribution in [0.15, 0.2) is 57.7 Å². The van der Waals surface area contributed by atoms with Crippen molar-refractivity contribution < 1.29 is 18.0 Å². The van der Waals surface area contributed by atoms with Crippen molar-refractivity contribution >= 4 is 5.91 Å². The van der Waals surface area contributed by atoms with Crippen molar-refractivity contribution in [1.82, 2.24) is 15.1 Å². The van der Waals surface area contributed by atoms with Crippen LogP contribution >= 0.6 is 0 Å². The van der Waals surface area contributed by atoms with Crippen LogP contribution in [0.3, 0.4) is 0 Å². The zero-order valence-corrected chi connectivity index (χ0v) is 13.8. The Morgan fingerprint density at radius 3 is 2.31 bits per heavy atom. The number of aromatic nitrogens is 2. The first kappa shape index (κ1) is 17.5. The molecular formula is C18H15F2N3O3. The molecule has 8 heteroatoms. The maximum absolute atomic E-state index is 13.0. The average Bonchev–Trinajstić information content (AvgIpc) is 2.96. The molecule has 0 aliphatic rings. The first-order valence-electron chi connectivity index (χ1n) is 7.81. The van der Waals surface area contributed by atoms with Crippen LogP contribution in [-0.2, 0) is 11.3 Å². The minimum atomic E-state index is -0.797. The van der Waals surface area contributed by atoms with E-state index in [1.807, 2.05) is 0 Å². The Bertz CT molecular complexity index is 963. The first-order valence-corrected chi connectivity index (χ1v) is 7.81. The third-order valence-corrected chi connectivity index (χ3v) is 3.74. The first-order chi connectivity index (χ1) is 12.4. The highest BCUT2D eigenvalue weighted by Crippen LogP contribution is 2.16. The van der Waals surface area contributed by atoms with Crippen molar-refractivity contribution in [3.63, 3.8) is 0 Å². The molecule has 1 N–H and O–H groups in total. The third kappa shape index (κ3) is 4.02. The molecular weight excluding hydrogens is 344 g/mol. The summed E-state index contributed by atoms with van der Waals surface area (Å²) in [6.07, 6.45) is 0. The molecule has 26 heavy (non-hydrogen) atoms. The van der Waals surface area contributed by atoms with Gasteiger partial charge in [0.05, 0.1) is 6.04 Å². The number of benzene rings is 2. The number of hydrogen-bond donors (Lipinski definition) is 1. The summed E-state index contributed by atoms with van der Waals surface area (Å²) in [7, 11) is 0. The predicted octanol–water partition coefficient (Wildman–Crippen LogP) is 2.66. The van der Waals surface area contributed by atoms with Crippen molar-refractivity contribution in [2.75, 3.05) is 0 Å². The highest BCUT2D eigenvalue weighted by Gasteiger charge is 2.15. The van der Waals surface area contributed by atoms with E-state index in [9.17, 15) is 18.4 Å². The van der Waals surface area contributed by atoms with E-state index in [1.54, 1.807) is 19.1 Å². The molecule has 1 aromatic heterocycles. The van der Waals surface area contributed by atoms with Gasteiger partial charge in [-0.15, -0.1) is 5.10 Å². The molecule has 1 unspecified atom stereocenters. The summed E-state index contributed by atoms with van der Waals surface area (Å²) in [5, 5.41) is 6.64. The fourth-order valence-corrected chi connectivity index (χ4v) is 2.37. The molecule has 0 spiro atoms. The van der Waals surface area contributed by atoms with Gasteiger partial charge in [0, 0.05) is 5.56 Å². The standard InChI is InChI=1S/C18H15F2N3O3/c1-11(12-2-6-14(19)7-3-12)21-16(24)10-23-18(25)26-17(22-23)13-4-8-15(20)9-5-13/h2-9,11H,10H2,1H3,(H,21,24). The molecule has 3 aromatic rings. The van der Waals surface area contributed by atoms with E-state index in [0.717, 1.165) is 10.2 Å². The molecule has 1 amide bonds. The van der Waals surface area contributed by atoms with E-state index in [1.165, 1.54) is 36.4 Å². The van der Waals surface area contributed by atoms with E-state index in [2.05, 4.69) is 10.4 Å². The lowest BCUT2D eigenvalue weighted by molar-refractivity contribution is -0.122. The molecule has 134 valence electrons. The van der Waals surface area contributed by atoms with Crippen LogP contribution in [0.4, 0.5) is 8.78 Å². The van der Waals surface area contributed by atoms with Crippen LogP contribution in [0.2, 0.25) is 0 Å². The molecule has 6 nitrogen and oxygen atoms in total. The van der Waals surface area contributed by atoms with Crippen molar-refractivity contribution in [2.45, 2.75) is 19.5 Å². The maximum Gasteiger partial charge on any atom is 0.437 e. The zero-order chi connectivity index (χ0) is 18.7. The van der Waals surface area contributed by atoms with Crippen molar-refractivity contribution in [3.8, 4) is 11.5 Å². The summed E-state index contributed by atoms with van der Waals surface area (Å²) in [6.45, 7) is 1.40. The predicted molar refractivity (Wildman–Crippen MR) is 89.1 cm³/mol. The molecule has 0 saturated heterocycles. The fraction of sp³-hybridized carbons (Fsp3) is 0.167.